The molecule has 4 N–H and O–H groups in total. The van der Waals surface area contributed by atoms with Crippen LogP contribution in [0.4, 0.5) is 11.5 Å². The van der Waals surface area contributed by atoms with E-state index in [1.807, 2.05) is 18.2 Å². The van der Waals surface area contributed by atoms with Crippen molar-refractivity contribution in [3.8, 4) is 5.75 Å². The van der Waals surface area contributed by atoms with Gasteiger partial charge in [0.1, 0.15) is 11.6 Å². The van der Waals surface area contributed by atoms with Gasteiger partial charge in [-0.1, -0.05) is 24.3 Å². The molecule has 0 fully saturated rings. The standard InChI is InChI=1S/C19H13N3O4/c23-16-6-5-15(11-3-1-2-4-12(11)16)20-9-14-13-7-10(19(25)26)8-21-17(13)22-18(14)24/h1-9,20,23H,(H,25,26)(H,21,22,24)/b14-9-. The highest BCUT2D eigenvalue weighted by molar-refractivity contribution is 6.31. The maximum atomic E-state index is 12.2. The highest BCUT2D eigenvalue weighted by Gasteiger charge is 2.26. The van der Waals surface area contributed by atoms with Gasteiger partial charge in [0, 0.05) is 34.4 Å². The van der Waals surface area contributed by atoms with E-state index in [1.165, 1.54) is 18.5 Å². The SMILES string of the molecule is O=C1Nc2ncc(C(=O)O)cc2/C1=C/Nc1ccc(O)c2ccccc12. The van der Waals surface area contributed by atoms with Gasteiger partial charge in [-0.3, -0.25) is 4.79 Å². The first-order valence-corrected chi connectivity index (χ1v) is 7.77. The third-order valence-electron chi connectivity index (χ3n) is 4.17. The average molecular weight is 347 g/mol. The van der Waals surface area contributed by atoms with Gasteiger partial charge in [-0.2, -0.15) is 0 Å². The van der Waals surface area contributed by atoms with Crippen LogP contribution in [0.5, 0.6) is 5.75 Å². The van der Waals surface area contributed by atoms with Gasteiger partial charge in [0.25, 0.3) is 5.91 Å². The van der Waals surface area contributed by atoms with Crippen LogP contribution in [0.1, 0.15) is 15.9 Å². The first kappa shape index (κ1) is 15.6. The second kappa shape index (κ2) is 5.89. The molecule has 7 nitrogen and oxygen atoms in total. The Labute approximate surface area is 147 Å². The van der Waals surface area contributed by atoms with E-state index in [0.717, 1.165) is 5.39 Å². The molecule has 1 amide bonds. The second-order valence-corrected chi connectivity index (χ2v) is 5.76. The third kappa shape index (κ3) is 2.51. The lowest BCUT2D eigenvalue weighted by atomic mass is 10.1. The number of anilines is 2. The number of carboxylic acids is 1. The summed E-state index contributed by atoms with van der Waals surface area (Å²) in [5.74, 6) is -0.996. The van der Waals surface area contributed by atoms with Crippen molar-refractivity contribution in [3.05, 3.63) is 66.0 Å². The Morgan fingerprint density at radius 3 is 2.69 bits per heavy atom. The average Bonchev–Trinajstić information content (AvgIpc) is 2.96. The van der Waals surface area contributed by atoms with Crippen LogP contribution >= 0.6 is 0 Å². The number of carbonyl (C=O) groups excluding carboxylic acids is 1. The number of nitrogens with one attached hydrogen (secondary N) is 2. The molecule has 1 aliphatic heterocycles. The minimum atomic E-state index is -1.11. The number of rotatable bonds is 3. The van der Waals surface area contributed by atoms with Crippen molar-refractivity contribution < 1.29 is 19.8 Å². The molecule has 2 aromatic carbocycles. The molecular formula is C19H13N3O4. The highest BCUT2D eigenvalue weighted by Crippen LogP contribution is 2.33. The Morgan fingerprint density at radius 2 is 1.92 bits per heavy atom. The van der Waals surface area contributed by atoms with Crippen molar-refractivity contribution in [1.82, 2.24) is 4.98 Å². The molecule has 0 unspecified atom stereocenters. The van der Waals surface area contributed by atoms with E-state index in [-0.39, 0.29) is 22.8 Å². The highest BCUT2D eigenvalue weighted by atomic mass is 16.4. The minimum absolute atomic E-state index is 0.00114. The number of phenolic OH excluding ortho intramolecular Hbond substituents is 1. The van der Waals surface area contributed by atoms with Gasteiger partial charge in [-0.05, 0) is 18.2 Å². The fourth-order valence-electron chi connectivity index (χ4n) is 2.89. The summed E-state index contributed by atoms with van der Waals surface area (Å²) in [4.78, 5) is 27.3. The maximum Gasteiger partial charge on any atom is 0.337 e. The number of carbonyl (C=O) groups is 2. The Kier molecular flexibility index (Phi) is 3.54. The number of amides is 1. The molecule has 1 aliphatic rings. The molecule has 0 spiro atoms. The van der Waals surface area contributed by atoms with Crippen LogP contribution < -0.4 is 10.6 Å². The molecule has 1 aromatic heterocycles. The molecule has 0 saturated carbocycles. The molecule has 0 aliphatic carbocycles. The summed E-state index contributed by atoms with van der Waals surface area (Å²) in [6.07, 6.45) is 2.71. The van der Waals surface area contributed by atoms with Crippen LogP contribution in [-0.2, 0) is 4.79 Å². The van der Waals surface area contributed by atoms with Crippen LogP contribution in [0.25, 0.3) is 16.3 Å². The summed E-state index contributed by atoms with van der Waals surface area (Å²) < 4.78 is 0. The van der Waals surface area contributed by atoms with Gasteiger partial charge in [0.15, 0.2) is 0 Å². The molecule has 26 heavy (non-hydrogen) atoms. The van der Waals surface area contributed by atoms with E-state index < -0.39 is 5.97 Å². The van der Waals surface area contributed by atoms with Crippen molar-refractivity contribution in [2.45, 2.75) is 0 Å². The van der Waals surface area contributed by atoms with Crippen LogP contribution in [0.3, 0.4) is 0 Å². The number of nitrogens with zero attached hydrogens (tertiary/aromatic N) is 1. The van der Waals surface area contributed by atoms with E-state index in [1.54, 1.807) is 18.2 Å². The summed E-state index contributed by atoms with van der Waals surface area (Å²) >= 11 is 0. The topological polar surface area (TPSA) is 112 Å². The fourth-order valence-corrected chi connectivity index (χ4v) is 2.89. The summed E-state index contributed by atoms with van der Waals surface area (Å²) in [5, 5.41) is 26.2. The number of benzene rings is 2. The van der Waals surface area contributed by atoms with Crippen molar-refractivity contribution >= 4 is 39.7 Å². The Morgan fingerprint density at radius 1 is 1.15 bits per heavy atom. The summed E-state index contributed by atoms with van der Waals surface area (Å²) in [6.45, 7) is 0. The molecular weight excluding hydrogens is 334 g/mol. The molecule has 2 heterocycles. The van der Waals surface area contributed by atoms with Crippen molar-refractivity contribution in [1.29, 1.82) is 0 Å². The van der Waals surface area contributed by atoms with Crippen molar-refractivity contribution in [2.75, 3.05) is 10.6 Å². The molecule has 0 saturated heterocycles. The number of hydrogen-bond donors (Lipinski definition) is 4. The van der Waals surface area contributed by atoms with Gasteiger partial charge >= 0.3 is 5.97 Å². The van der Waals surface area contributed by atoms with Gasteiger partial charge in [-0.25, -0.2) is 9.78 Å². The van der Waals surface area contributed by atoms with Gasteiger partial charge in [0.2, 0.25) is 0 Å². The predicted molar refractivity (Wildman–Crippen MR) is 97.0 cm³/mol. The van der Waals surface area contributed by atoms with Crippen molar-refractivity contribution in [2.24, 2.45) is 0 Å². The monoisotopic (exact) mass is 347 g/mol. The molecule has 128 valence electrons. The largest absolute Gasteiger partial charge is 0.507 e. The normalized spacial score (nSPS) is 14.3. The molecule has 7 heteroatoms. The number of hydrogen-bond acceptors (Lipinski definition) is 5. The first-order valence-electron chi connectivity index (χ1n) is 7.77. The summed E-state index contributed by atoms with van der Waals surface area (Å²) in [7, 11) is 0. The maximum absolute atomic E-state index is 12.2. The number of aromatic carboxylic acids is 1. The lowest BCUT2D eigenvalue weighted by molar-refractivity contribution is -0.110. The summed E-state index contributed by atoms with van der Waals surface area (Å²) in [5.41, 5.74) is 1.41. The number of aromatic hydroxyl groups is 1. The quantitative estimate of drug-likeness (QED) is 0.428. The molecule has 4 rings (SSSR count). The van der Waals surface area contributed by atoms with Crippen LogP contribution in [0.15, 0.2) is 54.9 Å². The van der Waals surface area contributed by atoms with E-state index in [0.29, 0.717) is 22.5 Å². The first-order chi connectivity index (χ1) is 12.5. The second-order valence-electron chi connectivity index (χ2n) is 5.76. The zero-order chi connectivity index (χ0) is 18.3. The van der Waals surface area contributed by atoms with Gasteiger partial charge in [-0.15, -0.1) is 0 Å². The van der Waals surface area contributed by atoms with E-state index in [9.17, 15) is 14.7 Å². The number of phenols is 1. The number of pyridine rings is 1. The van der Waals surface area contributed by atoms with Crippen LogP contribution in [0, 0.1) is 0 Å². The number of carboxylic acid groups (broad SMARTS) is 1. The van der Waals surface area contributed by atoms with E-state index in [2.05, 4.69) is 15.6 Å². The predicted octanol–water partition coefficient (Wildman–Crippen LogP) is 3.04. The Hall–Kier alpha value is -3.87. The number of aromatic nitrogens is 1. The lowest BCUT2D eigenvalue weighted by Crippen LogP contribution is -2.05. The van der Waals surface area contributed by atoms with Crippen LogP contribution in [-0.4, -0.2) is 27.1 Å². The van der Waals surface area contributed by atoms with E-state index >= 15 is 0 Å². The number of fused-ring (bicyclic) bond motifs is 2. The third-order valence-corrected chi connectivity index (χ3v) is 4.17. The zero-order valence-electron chi connectivity index (χ0n) is 13.4. The van der Waals surface area contributed by atoms with Gasteiger partial charge in [0.05, 0.1) is 11.1 Å². The van der Waals surface area contributed by atoms with Crippen molar-refractivity contribution in [3.63, 3.8) is 0 Å². The molecule has 0 atom stereocenters. The van der Waals surface area contributed by atoms with Crippen LogP contribution in [0.2, 0.25) is 0 Å². The zero-order valence-corrected chi connectivity index (χ0v) is 13.4. The van der Waals surface area contributed by atoms with E-state index in [4.69, 9.17) is 5.11 Å². The Bertz CT molecular complexity index is 1110. The fraction of sp³-hybridized carbons (Fsp3) is 0. The summed E-state index contributed by atoms with van der Waals surface area (Å²) in [6, 6.07) is 12.0. The molecule has 0 radical (unpaired) electrons. The lowest BCUT2D eigenvalue weighted by Gasteiger charge is -2.08. The Balaban J connectivity index is 1.75. The minimum Gasteiger partial charge on any atom is -0.507 e. The molecule has 0 bridgehead atoms. The smallest absolute Gasteiger partial charge is 0.337 e. The van der Waals surface area contributed by atoms with Gasteiger partial charge < -0.3 is 20.8 Å². The molecule has 3 aromatic rings.